The molecule has 0 aliphatic carbocycles. The zero-order valence-corrected chi connectivity index (χ0v) is 15.9. The summed E-state index contributed by atoms with van der Waals surface area (Å²) in [5.41, 5.74) is 3.96. The fourth-order valence-electron chi connectivity index (χ4n) is 4.08. The highest BCUT2D eigenvalue weighted by molar-refractivity contribution is 5.84. The number of unbranched alkanes of at least 4 members (excludes halogenated alkanes) is 1. The Hall–Kier alpha value is -3.00. The second-order valence-electron chi connectivity index (χ2n) is 6.93. The summed E-state index contributed by atoms with van der Waals surface area (Å²) >= 11 is 0. The number of fused-ring (bicyclic) bond motifs is 5. The molecule has 5 heteroatoms. The Bertz CT molecular complexity index is 1030. The molecule has 2 unspecified atom stereocenters. The molecule has 2 atom stereocenters. The van der Waals surface area contributed by atoms with E-state index in [0.29, 0.717) is 0 Å². The summed E-state index contributed by atoms with van der Waals surface area (Å²) in [4.78, 5) is 4.92. The number of imidazole rings is 1. The summed E-state index contributed by atoms with van der Waals surface area (Å²) in [6.07, 6.45) is 3.10. The number of rotatable bonds is 5. The maximum Gasteiger partial charge on any atom is 0.141 e. The van der Waals surface area contributed by atoms with Gasteiger partial charge in [-0.15, -0.1) is 0 Å². The van der Waals surface area contributed by atoms with E-state index >= 15 is 0 Å². The van der Waals surface area contributed by atoms with E-state index in [9.17, 15) is 5.26 Å². The van der Waals surface area contributed by atoms with Crippen molar-refractivity contribution >= 4 is 11.0 Å². The van der Waals surface area contributed by atoms with E-state index in [2.05, 4.69) is 17.6 Å². The van der Waals surface area contributed by atoms with Crippen molar-refractivity contribution in [3.63, 3.8) is 0 Å². The molecule has 0 spiro atoms. The average Bonchev–Trinajstić information content (AvgIpc) is 3.09. The normalized spacial score (nSPS) is 17.9. The van der Waals surface area contributed by atoms with Crippen LogP contribution in [-0.2, 0) is 0 Å². The number of nitrogens with zero attached hydrogens (tertiary/aromatic N) is 3. The first-order valence-electron chi connectivity index (χ1n) is 9.35. The highest BCUT2D eigenvalue weighted by Gasteiger charge is 2.35. The molecule has 27 heavy (non-hydrogen) atoms. The lowest BCUT2D eigenvalue weighted by Crippen LogP contribution is -2.23. The van der Waals surface area contributed by atoms with Gasteiger partial charge < -0.3 is 14.0 Å². The van der Waals surface area contributed by atoms with Crippen molar-refractivity contribution in [3.8, 4) is 29.0 Å². The molecule has 4 rings (SSSR count). The molecule has 0 N–H and O–H groups in total. The van der Waals surface area contributed by atoms with Crippen molar-refractivity contribution in [2.75, 3.05) is 14.2 Å². The van der Waals surface area contributed by atoms with Gasteiger partial charge in [0.1, 0.15) is 17.3 Å². The topological polar surface area (TPSA) is 60.1 Å². The van der Waals surface area contributed by atoms with Gasteiger partial charge in [0.2, 0.25) is 0 Å². The van der Waals surface area contributed by atoms with Crippen molar-refractivity contribution in [3.05, 3.63) is 42.0 Å². The van der Waals surface area contributed by atoms with Gasteiger partial charge in [-0.3, -0.25) is 0 Å². The second-order valence-corrected chi connectivity index (χ2v) is 6.93. The molecule has 5 nitrogen and oxygen atoms in total. The van der Waals surface area contributed by atoms with E-state index in [-0.39, 0.29) is 12.0 Å². The molecule has 0 fully saturated rings. The summed E-state index contributed by atoms with van der Waals surface area (Å²) in [6.45, 7) is 2.18. The minimum absolute atomic E-state index is 0.0583. The van der Waals surface area contributed by atoms with E-state index in [1.807, 2.05) is 36.4 Å². The van der Waals surface area contributed by atoms with Gasteiger partial charge in [-0.2, -0.15) is 5.26 Å². The van der Waals surface area contributed by atoms with E-state index < -0.39 is 0 Å². The molecule has 3 aromatic rings. The minimum Gasteiger partial charge on any atom is -0.497 e. The Balaban J connectivity index is 1.99. The first-order chi connectivity index (χ1) is 13.2. The smallest absolute Gasteiger partial charge is 0.141 e. The maximum atomic E-state index is 10.0. The van der Waals surface area contributed by atoms with Crippen molar-refractivity contribution in [2.24, 2.45) is 0 Å². The van der Waals surface area contributed by atoms with Gasteiger partial charge in [0.15, 0.2) is 0 Å². The molecule has 0 radical (unpaired) electrons. The van der Waals surface area contributed by atoms with Crippen LogP contribution in [0.2, 0.25) is 0 Å². The number of aromatic nitrogens is 2. The Morgan fingerprint density at radius 3 is 2.56 bits per heavy atom. The highest BCUT2D eigenvalue weighted by Crippen LogP contribution is 2.47. The van der Waals surface area contributed by atoms with E-state index in [0.717, 1.165) is 58.7 Å². The zero-order chi connectivity index (χ0) is 19.0. The number of nitriles is 1. The third-order valence-corrected chi connectivity index (χ3v) is 5.44. The van der Waals surface area contributed by atoms with Crippen molar-refractivity contribution in [1.82, 2.24) is 9.55 Å². The Kier molecular flexibility index (Phi) is 4.49. The zero-order valence-electron chi connectivity index (χ0n) is 15.9. The van der Waals surface area contributed by atoms with Crippen LogP contribution < -0.4 is 9.47 Å². The summed E-state index contributed by atoms with van der Waals surface area (Å²) in [7, 11) is 3.32. The quantitative estimate of drug-likeness (QED) is 0.636. The third kappa shape index (κ3) is 2.73. The number of methoxy groups -OCH3 is 2. The molecule has 0 saturated heterocycles. The van der Waals surface area contributed by atoms with Gasteiger partial charge in [-0.05, 0) is 42.3 Å². The van der Waals surface area contributed by atoms with Crippen LogP contribution in [0.15, 0.2) is 36.4 Å². The molecular formula is C22H23N3O2. The van der Waals surface area contributed by atoms with Crippen LogP contribution in [0.4, 0.5) is 0 Å². The first kappa shape index (κ1) is 17.4. The fourth-order valence-corrected chi connectivity index (χ4v) is 4.08. The van der Waals surface area contributed by atoms with Crippen LogP contribution in [0.5, 0.6) is 11.5 Å². The number of benzene rings is 2. The lowest BCUT2D eigenvalue weighted by Gasteiger charge is -2.32. The molecule has 2 aromatic carbocycles. The predicted octanol–water partition coefficient (Wildman–Crippen LogP) is 5.07. The largest absolute Gasteiger partial charge is 0.497 e. The molecule has 1 aliphatic rings. The van der Waals surface area contributed by atoms with Crippen LogP contribution in [0, 0.1) is 11.3 Å². The first-order valence-corrected chi connectivity index (χ1v) is 9.35. The van der Waals surface area contributed by atoms with Gasteiger partial charge >= 0.3 is 0 Å². The standard InChI is InChI=1S/C22H23N3O2/c1-4-5-6-20-18(13-23)17-11-14(26-2)7-9-16(17)22-24-19-12-15(27-3)8-10-21(19)25(20)22/h7-12,18,20H,4-6H2,1-3H3. The molecule has 2 heterocycles. The molecule has 0 bridgehead atoms. The van der Waals surface area contributed by atoms with Crippen LogP contribution in [0.1, 0.15) is 43.7 Å². The Labute approximate surface area is 159 Å². The van der Waals surface area contributed by atoms with Crippen molar-refractivity contribution in [2.45, 2.75) is 38.1 Å². The van der Waals surface area contributed by atoms with E-state index in [1.54, 1.807) is 14.2 Å². The van der Waals surface area contributed by atoms with Crippen LogP contribution in [0.25, 0.3) is 22.4 Å². The minimum atomic E-state index is -0.228. The lowest BCUT2D eigenvalue weighted by molar-refractivity contribution is 0.405. The molecule has 0 saturated carbocycles. The molecule has 138 valence electrons. The number of hydrogen-bond acceptors (Lipinski definition) is 4. The summed E-state index contributed by atoms with van der Waals surface area (Å²) < 4.78 is 13.0. The fraction of sp³-hybridized carbons (Fsp3) is 0.364. The predicted molar refractivity (Wildman–Crippen MR) is 105 cm³/mol. The van der Waals surface area contributed by atoms with Gasteiger partial charge in [0, 0.05) is 11.6 Å². The van der Waals surface area contributed by atoms with E-state index in [4.69, 9.17) is 14.5 Å². The molecule has 0 amide bonds. The Morgan fingerprint density at radius 1 is 1.11 bits per heavy atom. The van der Waals surface area contributed by atoms with Gasteiger partial charge in [-0.1, -0.05) is 19.8 Å². The van der Waals surface area contributed by atoms with Gasteiger partial charge in [0.25, 0.3) is 0 Å². The van der Waals surface area contributed by atoms with Crippen LogP contribution in [0.3, 0.4) is 0 Å². The maximum absolute atomic E-state index is 10.0. The second kappa shape index (κ2) is 6.96. The van der Waals surface area contributed by atoms with Crippen LogP contribution >= 0.6 is 0 Å². The molecular weight excluding hydrogens is 338 g/mol. The summed E-state index contributed by atoms with van der Waals surface area (Å²) in [6, 6.07) is 14.5. The SMILES string of the molecule is CCCCC1C(C#N)c2cc(OC)ccc2-c2nc3cc(OC)ccc3n21. The number of hydrogen-bond donors (Lipinski definition) is 0. The van der Waals surface area contributed by atoms with Crippen LogP contribution in [-0.4, -0.2) is 23.8 Å². The Morgan fingerprint density at radius 2 is 1.85 bits per heavy atom. The van der Waals surface area contributed by atoms with Gasteiger partial charge in [0.05, 0.1) is 43.3 Å². The summed E-state index contributed by atoms with van der Waals surface area (Å²) in [5.74, 6) is 2.25. The lowest BCUT2D eigenvalue weighted by atomic mass is 9.83. The molecule has 1 aliphatic heterocycles. The van der Waals surface area contributed by atoms with Gasteiger partial charge in [-0.25, -0.2) is 4.98 Å². The van der Waals surface area contributed by atoms with Crippen molar-refractivity contribution in [1.29, 1.82) is 5.26 Å². The van der Waals surface area contributed by atoms with Crippen molar-refractivity contribution < 1.29 is 9.47 Å². The molecule has 1 aromatic heterocycles. The third-order valence-electron chi connectivity index (χ3n) is 5.44. The highest BCUT2D eigenvalue weighted by atomic mass is 16.5. The summed E-state index contributed by atoms with van der Waals surface area (Å²) in [5, 5.41) is 10.0. The monoisotopic (exact) mass is 361 g/mol. The van der Waals surface area contributed by atoms with E-state index in [1.165, 1.54) is 0 Å². The average molecular weight is 361 g/mol. The number of ether oxygens (including phenoxy) is 2.